The predicted octanol–water partition coefficient (Wildman–Crippen LogP) is 2.96. The molecule has 5 heteroatoms. The van der Waals surface area contributed by atoms with Crippen molar-refractivity contribution in [2.75, 3.05) is 11.4 Å². The van der Waals surface area contributed by atoms with Gasteiger partial charge in [0.2, 0.25) is 0 Å². The van der Waals surface area contributed by atoms with Gasteiger partial charge in [0, 0.05) is 12.2 Å². The van der Waals surface area contributed by atoms with Gasteiger partial charge >= 0.3 is 5.97 Å². The summed E-state index contributed by atoms with van der Waals surface area (Å²) in [6, 6.07) is 10.7. The Morgan fingerprint density at radius 1 is 1.19 bits per heavy atom. The van der Waals surface area contributed by atoms with Crippen molar-refractivity contribution in [3.05, 3.63) is 54.0 Å². The van der Waals surface area contributed by atoms with Gasteiger partial charge in [0.05, 0.1) is 12.7 Å². The van der Waals surface area contributed by atoms with Crippen LogP contribution in [0.25, 0.3) is 0 Å². The van der Waals surface area contributed by atoms with Crippen molar-refractivity contribution in [2.24, 2.45) is 0 Å². The lowest BCUT2D eigenvalue weighted by molar-refractivity contribution is -0.136. The Hall–Kier alpha value is -2.56. The summed E-state index contributed by atoms with van der Waals surface area (Å²) in [4.78, 5) is 24.8. The number of aryl methyl sites for hydroxylation is 1. The van der Waals surface area contributed by atoms with Crippen LogP contribution in [-0.4, -0.2) is 23.5 Å². The summed E-state index contributed by atoms with van der Waals surface area (Å²) in [7, 11) is 0. The fourth-order valence-electron chi connectivity index (χ4n) is 2.15. The fraction of sp³-hybridized carbons (Fsp3) is 0.250. The van der Waals surface area contributed by atoms with Crippen molar-refractivity contribution in [2.45, 2.75) is 19.8 Å². The van der Waals surface area contributed by atoms with E-state index < -0.39 is 5.97 Å². The number of furan rings is 1. The molecular formula is C16H17NO4. The van der Waals surface area contributed by atoms with E-state index >= 15 is 0 Å². The molecule has 0 saturated heterocycles. The molecule has 1 amide bonds. The summed E-state index contributed by atoms with van der Waals surface area (Å²) in [5.74, 6) is -1.07. The summed E-state index contributed by atoms with van der Waals surface area (Å²) >= 11 is 0. The molecule has 0 spiro atoms. The number of para-hydroxylation sites is 1. The van der Waals surface area contributed by atoms with Crippen LogP contribution in [0.1, 0.15) is 29.5 Å². The van der Waals surface area contributed by atoms with Crippen LogP contribution in [0, 0.1) is 0 Å². The van der Waals surface area contributed by atoms with Gasteiger partial charge in [0.1, 0.15) is 0 Å². The third-order valence-corrected chi connectivity index (χ3v) is 3.19. The minimum Gasteiger partial charge on any atom is -0.481 e. The van der Waals surface area contributed by atoms with Gasteiger partial charge in [-0.25, -0.2) is 0 Å². The highest BCUT2D eigenvalue weighted by atomic mass is 16.4. The second-order valence-corrected chi connectivity index (χ2v) is 4.56. The van der Waals surface area contributed by atoms with Gasteiger partial charge in [-0.05, 0) is 30.2 Å². The molecule has 2 aromatic rings. The van der Waals surface area contributed by atoms with E-state index in [0.29, 0.717) is 0 Å². The Balaban J connectivity index is 2.35. The minimum atomic E-state index is -0.943. The summed E-state index contributed by atoms with van der Waals surface area (Å²) in [5.41, 5.74) is 1.71. The van der Waals surface area contributed by atoms with E-state index in [1.165, 1.54) is 11.2 Å². The van der Waals surface area contributed by atoms with Gasteiger partial charge in [-0.2, -0.15) is 0 Å². The van der Waals surface area contributed by atoms with Crippen LogP contribution in [0.4, 0.5) is 5.69 Å². The maximum atomic E-state index is 12.5. The first-order chi connectivity index (χ1) is 10.1. The lowest BCUT2D eigenvalue weighted by Gasteiger charge is -2.23. The standard InChI is InChI=1S/C16H17NO4/c1-2-12-6-3-4-7-13(12)17(10-9-15(18)19)16(20)14-8-5-11-21-14/h3-8,11H,2,9-10H2,1H3,(H,18,19). The molecule has 1 aromatic carbocycles. The predicted molar refractivity (Wildman–Crippen MR) is 78.5 cm³/mol. The molecule has 0 aliphatic rings. The summed E-state index contributed by atoms with van der Waals surface area (Å²) in [6.07, 6.45) is 2.06. The maximum absolute atomic E-state index is 12.5. The number of amides is 1. The van der Waals surface area contributed by atoms with Crippen molar-refractivity contribution in [1.82, 2.24) is 0 Å². The number of hydrogen-bond donors (Lipinski definition) is 1. The SMILES string of the molecule is CCc1ccccc1N(CCC(=O)O)C(=O)c1ccco1. The van der Waals surface area contributed by atoms with Crippen LogP contribution in [0.3, 0.4) is 0 Å². The zero-order valence-electron chi connectivity index (χ0n) is 11.8. The van der Waals surface area contributed by atoms with Crippen molar-refractivity contribution >= 4 is 17.6 Å². The zero-order valence-corrected chi connectivity index (χ0v) is 11.8. The Morgan fingerprint density at radius 3 is 2.57 bits per heavy atom. The lowest BCUT2D eigenvalue weighted by Crippen LogP contribution is -2.33. The molecule has 0 aliphatic heterocycles. The Labute approximate surface area is 122 Å². The third kappa shape index (κ3) is 3.51. The van der Waals surface area contributed by atoms with Crippen LogP contribution in [0.15, 0.2) is 47.1 Å². The molecular weight excluding hydrogens is 270 g/mol. The van der Waals surface area contributed by atoms with E-state index in [0.717, 1.165) is 17.7 Å². The van der Waals surface area contributed by atoms with E-state index in [-0.39, 0.29) is 24.6 Å². The molecule has 0 fully saturated rings. The highest BCUT2D eigenvalue weighted by Crippen LogP contribution is 2.23. The minimum absolute atomic E-state index is 0.103. The third-order valence-electron chi connectivity index (χ3n) is 3.19. The number of nitrogens with zero attached hydrogens (tertiary/aromatic N) is 1. The zero-order chi connectivity index (χ0) is 15.2. The number of carbonyl (C=O) groups is 2. The van der Waals surface area contributed by atoms with Crippen molar-refractivity contribution in [3.8, 4) is 0 Å². The highest BCUT2D eigenvalue weighted by molar-refractivity contribution is 6.04. The molecule has 110 valence electrons. The quantitative estimate of drug-likeness (QED) is 0.886. The first-order valence-electron chi connectivity index (χ1n) is 6.78. The van der Waals surface area contributed by atoms with Crippen LogP contribution < -0.4 is 4.90 Å². The molecule has 5 nitrogen and oxygen atoms in total. The van der Waals surface area contributed by atoms with Gasteiger partial charge < -0.3 is 14.4 Å². The first-order valence-corrected chi connectivity index (χ1v) is 6.78. The molecule has 1 N–H and O–H groups in total. The topological polar surface area (TPSA) is 70.8 Å². The molecule has 2 rings (SSSR count). The van der Waals surface area contributed by atoms with E-state index in [4.69, 9.17) is 9.52 Å². The second kappa shape index (κ2) is 6.74. The fourth-order valence-corrected chi connectivity index (χ4v) is 2.15. The number of hydrogen-bond acceptors (Lipinski definition) is 3. The molecule has 0 atom stereocenters. The number of carboxylic acid groups (broad SMARTS) is 1. The Bertz CT molecular complexity index is 619. The number of rotatable bonds is 6. The molecule has 0 unspecified atom stereocenters. The molecule has 0 saturated carbocycles. The molecule has 21 heavy (non-hydrogen) atoms. The summed E-state index contributed by atoms with van der Waals surface area (Å²) < 4.78 is 5.14. The monoisotopic (exact) mass is 287 g/mol. The van der Waals surface area contributed by atoms with Crippen LogP contribution >= 0.6 is 0 Å². The Morgan fingerprint density at radius 2 is 1.95 bits per heavy atom. The van der Waals surface area contributed by atoms with Crippen molar-refractivity contribution in [1.29, 1.82) is 0 Å². The number of anilines is 1. The van der Waals surface area contributed by atoms with Crippen LogP contribution in [-0.2, 0) is 11.2 Å². The van der Waals surface area contributed by atoms with Gasteiger partial charge in [0.15, 0.2) is 5.76 Å². The molecule has 0 bridgehead atoms. The summed E-state index contributed by atoms with van der Waals surface area (Å²) in [6.45, 7) is 2.09. The Kier molecular flexibility index (Phi) is 4.77. The highest BCUT2D eigenvalue weighted by Gasteiger charge is 2.22. The number of carbonyl (C=O) groups excluding carboxylic acids is 1. The van der Waals surface area contributed by atoms with Crippen molar-refractivity contribution in [3.63, 3.8) is 0 Å². The smallest absolute Gasteiger partial charge is 0.305 e. The number of carboxylic acids is 1. The average molecular weight is 287 g/mol. The van der Waals surface area contributed by atoms with E-state index in [1.807, 2.05) is 31.2 Å². The molecule has 1 aromatic heterocycles. The van der Waals surface area contributed by atoms with Gasteiger partial charge in [0.25, 0.3) is 5.91 Å². The normalized spacial score (nSPS) is 10.3. The number of aliphatic carboxylic acids is 1. The maximum Gasteiger partial charge on any atom is 0.305 e. The van der Waals surface area contributed by atoms with Crippen LogP contribution in [0.5, 0.6) is 0 Å². The average Bonchev–Trinajstić information content (AvgIpc) is 3.01. The summed E-state index contributed by atoms with van der Waals surface area (Å²) in [5, 5.41) is 8.89. The van der Waals surface area contributed by atoms with Gasteiger partial charge in [-0.1, -0.05) is 25.1 Å². The van der Waals surface area contributed by atoms with E-state index in [1.54, 1.807) is 12.1 Å². The van der Waals surface area contributed by atoms with Crippen molar-refractivity contribution < 1.29 is 19.1 Å². The largest absolute Gasteiger partial charge is 0.481 e. The second-order valence-electron chi connectivity index (χ2n) is 4.56. The lowest BCUT2D eigenvalue weighted by atomic mass is 10.1. The van der Waals surface area contributed by atoms with Gasteiger partial charge in [-0.15, -0.1) is 0 Å². The van der Waals surface area contributed by atoms with Gasteiger partial charge in [-0.3, -0.25) is 9.59 Å². The van der Waals surface area contributed by atoms with Crippen LogP contribution in [0.2, 0.25) is 0 Å². The number of benzene rings is 1. The first kappa shape index (κ1) is 14.8. The molecule has 1 heterocycles. The van der Waals surface area contributed by atoms with E-state index in [2.05, 4.69) is 0 Å². The molecule has 0 aliphatic carbocycles. The molecule has 0 radical (unpaired) electrons. The van der Waals surface area contributed by atoms with E-state index in [9.17, 15) is 9.59 Å².